The summed E-state index contributed by atoms with van der Waals surface area (Å²) in [5.41, 5.74) is 8.27. The highest BCUT2D eigenvalue weighted by Gasteiger charge is 2.35. The molecular weight excluding hydrogens is 246 g/mol. The summed E-state index contributed by atoms with van der Waals surface area (Å²) in [7, 11) is 0. The van der Waals surface area contributed by atoms with Crippen LogP contribution < -0.4 is 11.3 Å². The molecule has 0 saturated carbocycles. The van der Waals surface area contributed by atoms with Gasteiger partial charge in [-0.3, -0.25) is 16.2 Å². The first-order valence-corrected chi connectivity index (χ1v) is 7.58. The van der Waals surface area contributed by atoms with Crippen molar-refractivity contribution in [3.63, 3.8) is 0 Å². The molecule has 0 amide bonds. The van der Waals surface area contributed by atoms with Crippen molar-refractivity contribution in [2.75, 3.05) is 13.1 Å². The predicted octanol–water partition coefficient (Wildman–Crippen LogP) is 3.24. The van der Waals surface area contributed by atoms with Gasteiger partial charge in [0.25, 0.3) is 0 Å². The van der Waals surface area contributed by atoms with Gasteiger partial charge in [-0.1, -0.05) is 26.0 Å². The summed E-state index contributed by atoms with van der Waals surface area (Å²) in [5, 5.41) is 0. The second-order valence-corrected chi connectivity index (χ2v) is 6.22. The smallest absolute Gasteiger partial charge is 0.0641 e. The van der Waals surface area contributed by atoms with Crippen molar-refractivity contribution in [1.29, 1.82) is 0 Å². The van der Waals surface area contributed by atoms with E-state index in [4.69, 9.17) is 5.84 Å². The zero-order chi connectivity index (χ0) is 15.5. The molecule has 1 unspecified atom stereocenters. The average Bonchev–Trinajstić information content (AvgIpc) is 2.37. The van der Waals surface area contributed by atoms with Crippen LogP contribution in [0, 0.1) is 20.8 Å². The van der Waals surface area contributed by atoms with E-state index in [0.29, 0.717) is 0 Å². The van der Waals surface area contributed by atoms with Crippen LogP contribution in [0.1, 0.15) is 56.0 Å². The van der Waals surface area contributed by atoms with Gasteiger partial charge >= 0.3 is 0 Å². The number of nitrogens with zero attached hydrogens (tertiary/aromatic N) is 1. The normalized spacial score (nSPS) is 13.8. The van der Waals surface area contributed by atoms with E-state index in [1.165, 1.54) is 22.3 Å². The molecule has 3 N–H and O–H groups in total. The minimum Gasteiger partial charge on any atom is -0.297 e. The summed E-state index contributed by atoms with van der Waals surface area (Å²) >= 11 is 0. The number of benzene rings is 1. The topological polar surface area (TPSA) is 41.3 Å². The van der Waals surface area contributed by atoms with Gasteiger partial charge < -0.3 is 0 Å². The predicted molar refractivity (Wildman–Crippen MR) is 87.7 cm³/mol. The zero-order valence-electron chi connectivity index (χ0n) is 14.2. The summed E-state index contributed by atoms with van der Waals surface area (Å²) in [6.45, 7) is 17.5. The molecule has 0 heterocycles. The molecule has 1 aromatic carbocycles. The molecule has 0 radical (unpaired) electrons. The lowest BCUT2D eigenvalue weighted by molar-refractivity contribution is 0.0910. The van der Waals surface area contributed by atoms with Gasteiger partial charge in [-0.2, -0.15) is 0 Å². The Balaban J connectivity index is 3.29. The number of nitrogens with one attached hydrogen (secondary N) is 1. The summed E-state index contributed by atoms with van der Waals surface area (Å²) in [4.78, 5) is 2.45. The maximum absolute atomic E-state index is 5.92. The minimum atomic E-state index is -0.0370. The van der Waals surface area contributed by atoms with E-state index in [1.807, 2.05) is 0 Å². The lowest BCUT2D eigenvalue weighted by Crippen LogP contribution is -2.54. The molecule has 0 spiro atoms. The van der Waals surface area contributed by atoms with Crippen LogP contribution in [0.5, 0.6) is 0 Å². The van der Waals surface area contributed by atoms with Crippen molar-refractivity contribution >= 4 is 0 Å². The van der Waals surface area contributed by atoms with Gasteiger partial charge in [0.1, 0.15) is 0 Å². The highest BCUT2D eigenvalue weighted by molar-refractivity contribution is 5.39. The Morgan fingerprint density at radius 1 is 1.05 bits per heavy atom. The Kier molecular flexibility index (Phi) is 5.75. The summed E-state index contributed by atoms with van der Waals surface area (Å²) < 4.78 is 0. The Morgan fingerprint density at radius 3 is 2.00 bits per heavy atom. The number of likely N-dealkylation sites (N-methyl/N-ethyl adjacent to an activating group) is 1. The molecule has 3 heteroatoms. The van der Waals surface area contributed by atoms with Crippen LogP contribution in [0.25, 0.3) is 0 Å². The minimum absolute atomic E-state index is 0.0370. The molecular formula is C17H31N3. The first kappa shape index (κ1) is 17.2. The molecule has 1 aromatic rings. The molecule has 0 saturated heterocycles. The van der Waals surface area contributed by atoms with Gasteiger partial charge in [-0.05, 0) is 70.0 Å². The molecule has 0 bridgehead atoms. The molecule has 1 rings (SSSR count). The molecule has 20 heavy (non-hydrogen) atoms. The van der Waals surface area contributed by atoms with E-state index < -0.39 is 0 Å². The second-order valence-electron chi connectivity index (χ2n) is 6.22. The Labute approximate surface area is 124 Å². The number of hydrazine groups is 1. The van der Waals surface area contributed by atoms with Gasteiger partial charge in [0, 0.05) is 5.54 Å². The fourth-order valence-corrected chi connectivity index (χ4v) is 3.19. The van der Waals surface area contributed by atoms with Crippen LogP contribution in [0.4, 0.5) is 0 Å². The zero-order valence-corrected chi connectivity index (χ0v) is 14.2. The van der Waals surface area contributed by atoms with Crippen molar-refractivity contribution in [1.82, 2.24) is 10.3 Å². The van der Waals surface area contributed by atoms with Crippen LogP contribution in [0.15, 0.2) is 12.1 Å². The van der Waals surface area contributed by atoms with Crippen LogP contribution >= 0.6 is 0 Å². The third-order valence-corrected chi connectivity index (χ3v) is 4.64. The highest BCUT2D eigenvalue weighted by atomic mass is 15.3. The Morgan fingerprint density at radius 2 is 1.55 bits per heavy atom. The number of hydrogen-bond acceptors (Lipinski definition) is 3. The van der Waals surface area contributed by atoms with Gasteiger partial charge in [-0.15, -0.1) is 0 Å². The van der Waals surface area contributed by atoms with E-state index in [-0.39, 0.29) is 11.6 Å². The maximum atomic E-state index is 5.92. The van der Waals surface area contributed by atoms with Gasteiger partial charge in [0.2, 0.25) is 0 Å². The fraction of sp³-hybridized carbons (Fsp3) is 0.647. The summed E-state index contributed by atoms with van der Waals surface area (Å²) in [6.07, 6.45) is 0. The number of rotatable bonds is 6. The van der Waals surface area contributed by atoms with Crippen molar-refractivity contribution in [2.45, 2.75) is 60.0 Å². The summed E-state index contributed by atoms with van der Waals surface area (Å²) in [5.74, 6) is 5.92. The molecule has 114 valence electrons. The quantitative estimate of drug-likeness (QED) is 0.619. The third kappa shape index (κ3) is 3.22. The largest absolute Gasteiger partial charge is 0.297 e. The summed E-state index contributed by atoms with van der Waals surface area (Å²) in [6, 6.07) is 4.65. The van der Waals surface area contributed by atoms with Crippen molar-refractivity contribution < 1.29 is 0 Å². The first-order valence-electron chi connectivity index (χ1n) is 7.58. The molecule has 0 aromatic heterocycles. The van der Waals surface area contributed by atoms with Gasteiger partial charge in [0.15, 0.2) is 0 Å². The van der Waals surface area contributed by atoms with Gasteiger partial charge in [-0.25, -0.2) is 0 Å². The molecule has 0 aliphatic heterocycles. The van der Waals surface area contributed by atoms with E-state index in [9.17, 15) is 0 Å². The lowest BCUT2D eigenvalue weighted by Gasteiger charge is -2.44. The standard InChI is InChI=1S/C17H31N3/c1-8-20(9-2)17(6,7)16(19-18)15-11-13(4)12(3)10-14(15)5/h10-11,16,19H,8-9,18H2,1-7H3. The maximum Gasteiger partial charge on any atom is 0.0641 e. The molecule has 0 fully saturated rings. The lowest BCUT2D eigenvalue weighted by atomic mass is 9.84. The Bertz CT molecular complexity index is 448. The highest BCUT2D eigenvalue weighted by Crippen LogP contribution is 2.33. The number of hydrogen-bond donors (Lipinski definition) is 2. The van der Waals surface area contributed by atoms with E-state index in [1.54, 1.807) is 0 Å². The fourth-order valence-electron chi connectivity index (χ4n) is 3.19. The van der Waals surface area contributed by atoms with Crippen molar-refractivity contribution in [2.24, 2.45) is 5.84 Å². The van der Waals surface area contributed by atoms with E-state index in [2.05, 4.69) is 70.9 Å². The van der Waals surface area contributed by atoms with E-state index >= 15 is 0 Å². The first-order chi connectivity index (χ1) is 9.29. The third-order valence-electron chi connectivity index (χ3n) is 4.64. The molecule has 3 nitrogen and oxygen atoms in total. The van der Waals surface area contributed by atoms with Crippen LogP contribution in [-0.4, -0.2) is 23.5 Å². The number of nitrogens with two attached hydrogens (primary N) is 1. The van der Waals surface area contributed by atoms with E-state index in [0.717, 1.165) is 13.1 Å². The molecule has 0 aliphatic rings. The van der Waals surface area contributed by atoms with Crippen LogP contribution in [-0.2, 0) is 0 Å². The second kappa shape index (κ2) is 6.70. The SMILES string of the molecule is CCN(CC)C(C)(C)C(NN)c1cc(C)c(C)cc1C. The molecule has 0 aliphatic carbocycles. The Hall–Kier alpha value is -0.900. The monoisotopic (exact) mass is 277 g/mol. The number of aryl methyl sites for hydroxylation is 3. The molecule has 1 atom stereocenters. The van der Waals surface area contributed by atoms with Gasteiger partial charge in [0.05, 0.1) is 6.04 Å². The van der Waals surface area contributed by atoms with Crippen LogP contribution in [0.3, 0.4) is 0 Å². The average molecular weight is 277 g/mol. The van der Waals surface area contributed by atoms with Crippen molar-refractivity contribution in [3.8, 4) is 0 Å². The van der Waals surface area contributed by atoms with Crippen LogP contribution in [0.2, 0.25) is 0 Å². The van der Waals surface area contributed by atoms with Crippen molar-refractivity contribution in [3.05, 3.63) is 34.4 Å².